The van der Waals surface area contributed by atoms with Crippen molar-refractivity contribution in [2.75, 3.05) is 33.4 Å². The van der Waals surface area contributed by atoms with Gasteiger partial charge in [0.05, 0.1) is 25.9 Å². The first kappa shape index (κ1) is 13.6. The van der Waals surface area contributed by atoms with Crippen molar-refractivity contribution < 1.29 is 14.3 Å². The van der Waals surface area contributed by atoms with Gasteiger partial charge in [-0.3, -0.25) is 9.48 Å². The van der Waals surface area contributed by atoms with Crippen LogP contribution in [0.1, 0.15) is 23.3 Å². The zero-order valence-corrected chi connectivity index (χ0v) is 11.8. The van der Waals surface area contributed by atoms with E-state index in [1.165, 1.54) is 12.8 Å². The summed E-state index contributed by atoms with van der Waals surface area (Å²) in [7, 11) is 1.65. The Morgan fingerprint density at radius 1 is 1.55 bits per heavy atom. The molecular weight excluding hydrogens is 258 g/mol. The summed E-state index contributed by atoms with van der Waals surface area (Å²) in [5, 5.41) is 4.31. The molecule has 1 amide bonds. The number of amides is 1. The SMILES string of the molecule is COCCn1ccc(C(=O)N2CCOC(C3CC3)C2)n1. The summed E-state index contributed by atoms with van der Waals surface area (Å²) in [5.74, 6) is 0.667. The van der Waals surface area contributed by atoms with Crippen molar-refractivity contribution in [3.05, 3.63) is 18.0 Å². The summed E-state index contributed by atoms with van der Waals surface area (Å²) in [6.07, 6.45) is 4.52. The first-order chi connectivity index (χ1) is 9.78. The number of nitrogens with zero attached hydrogens (tertiary/aromatic N) is 3. The molecule has 0 bridgehead atoms. The fourth-order valence-corrected chi connectivity index (χ4v) is 2.56. The number of hydrogen-bond donors (Lipinski definition) is 0. The molecule has 0 aromatic carbocycles. The molecule has 0 N–H and O–H groups in total. The molecule has 1 saturated carbocycles. The lowest BCUT2D eigenvalue weighted by molar-refractivity contribution is -0.0315. The second-order valence-electron chi connectivity index (χ2n) is 5.45. The maximum Gasteiger partial charge on any atom is 0.274 e. The lowest BCUT2D eigenvalue weighted by Gasteiger charge is -2.32. The van der Waals surface area contributed by atoms with Crippen LogP contribution in [0.4, 0.5) is 0 Å². The predicted octanol–water partition coefficient (Wildman–Crippen LogP) is 0.780. The molecule has 1 aliphatic carbocycles. The van der Waals surface area contributed by atoms with Crippen molar-refractivity contribution in [1.29, 1.82) is 0 Å². The second-order valence-corrected chi connectivity index (χ2v) is 5.45. The molecule has 2 heterocycles. The van der Waals surface area contributed by atoms with Crippen molar-refractivity contribution in [2.24, 2.45) is 5.92 Å². The van der Waals surface area contributed by atoms with E-state index in [1.807, 2.05) is 11.1 Å². The highest BCUT2D eigenvalue weighted by atomic mass is 16.5. The molecule has 1 aromatic heterocycles. The third-order valence-electron chi connectivity index (χ3n) is 3.91. The van der Waals surface area contributed by atoms with E-state index in [4.69, 9.17) is 9.47 Å². The van der Waals surface area contributed by atoms with Crippen LogP contribution < -0.4 is 0 Å². The quantitative estimate of drug-likeness (QED) is 0.799. The molecule has 0 spiro atoms. The third-order valence-corrected chi connectivity index (χ3v) is 3.91. The number of hydrogen-bond acceptors (Lipinski definition) is 4. The van der Waals surface area contributed by atoms with Crippen LogP contribution in [-0.2, 0) is 16.0 Å². The zero-order chi connectivity index (χ0) is 13.9. The highest BCUT2D eigenvalue weighted by molar-refractivity contribution is 5.92. The largest absolute Gasteiger partial charge is 0.383 e. The first-order valence-corrected chi connectivity index (χ1v) is 7.21. The summed E-state index contributed by atoms with van der Waals surface area (Å²) in [6, 6.07) is 1.78. The van der Waals surface area contributed by atoms with Crippen molar-refractivity contribution in [3.8, 4) is 0 Å². The summed E-state index contributed by atoms with van der Waals surface area (Å²) in [4.78, 5) is 14.3. The molecule has 6 nitrogen and oxygen atoms in total. The van der Waals surface area contributed by atoms with Crippen LogP contribution in [0, 0.1) is 5.92 Å². The van der Waals surface area contributed by atoms with Gasteiger partial charge in [-0.2, -0.15) is 5.10 Å². The Labute approximate surface area is 118 Å². The number of aromatic nitrogens is 2. The van der Waals surface area contributed by atoms with Crippen molar-refractivity contribution in [2.45, 2.75) is 25.5 Å². The Kier molecular flexibility index (Phi) is 4.03. The van der Waals surface area contributed by atoms with Gasteiger partial charge in [-0.15, -0.1) is 0 Å². The zero-order valence-electron chi connectivity index (χ0n) is 11.8. The highest BCUT2D eigenvalue weighted by Crippen LogP contribution is 2.35. The molecule has 1 aliphatic heterocycles. The maximum absolute atomic E-state index is 12.4. The van der Waals surface area contributed by atoms with E-state index in [9.17, 15) is 4.79 Å². The Balaban J connectivity index is 1.60. The van der Waals surface area contributed by atoms with Crippen molar-refractivity contribution in [1.82, 2.24) is 14.7 Å². The molecule has 110 valence electrons. The van der Waals surface area contributed by atoms with E-state index in [-0.39, 0.29) is 12.0 Å². The third kappa shape index (κ3) is 3.02. The van der Waals surface area contributed by atoms with Crippen LogP contribution in [0.3, 0.4) is 0 Å². The van der Waals surface area contributed by atoms with Gasteiger partial charge in [0.2, 0.25) is 0 Å². The van der Waals surface area contributed by atoms with Gasteiger partial charge in [-0.25, -0.2) is 0 Å². The standard InChI is InChI=1S/C14H21N3O3/c1-19-8-7-17-5-4-12(15-17)14(18)16-6-9-20-13(10-16)11-2-3-11/h4-5,11,13H,2-3,6-10H2,1H3. The fourth-order valence-electron chi connectivity index (χ4n) is 2.56. The van der Waals surface area contributed by atoms with E-state index >= 15 is 0 Å². The van der Waals surface area contributed by atoms with Gasteiger partial charge in [-0.1, -0.05) is 0 Å². The Morgan fingerprint density at radius 2 is 2.40 bits per heavy atom. The Morgan fingerprint density at radius 3 is 3.15 bits per heavy atom. The molecule has 3 rings (SSSR count). The molecule has 20 heavy (non-hydrogen) atoms. The summed E-state index contributed by atoms with van der Waals surface area (Å²) < 4.78 is 12.5. The summed E-state index contributed by atoms with van der Waals surface area (Å²) >= 11 is 0. The summed E-state index contributed by atoms with van der Waals surface area (Å²) in [5.41, 5.74) is 0.512. The molecule has 1 unspecified atom stereocenters. The van der Waals surface area contributed by atoms with Gasteiger partial charge in [0.15, 0.2) is 0 Å². The average Bonchev–Trinajstić information content (AvgIpc) is 3.23. The monoisotopic (exact) mass is 279 g/mol. The number of rotatable bonds is 5. The molecule has 6 heteroatoms. The van der Waals surface area contributed by atoms with Gasteiger partial charge in [0, 0.05) is 26.4 Å². The number of carbonyl (C=O) groups excluding carboxylic acids is 1. The number of carbonyl (C=O) groups is 1. The minimum atomic E-state index is 0.00937. The van der Waals surface area contributed by atoms with Crippen LogP contribution in [0.2, 0.25) is 0 Å². The van der Waals surface area contributed by atoms with Crippen LogP contribution >= 0.6 is 0 Å². The lowest BCUT2D eigenvalue weighted by Crippen LogP contribution is -2.46. The van der Waals surface area contributed by atoms with E-state index in [1.54, 1.807) is 17.9 Å². The maximum atomic E-state index is 12.4. The minimum absolute atomic E-state index is 0.00937. The predicted molar refractivity (Wildman–Crippen MR) is 72.5 cm³/mol. The van der Waals surface area contributed by atoms with Crippen LogP contribution in [0.25, 0.3) is 0 Å². The molecule has 1 aromatic rings. The molecule has 0 radical (unpaired) electrons. The highest BCUT2D eigenvalue weighted by Gasteiger charge is 2.36. The van der Waals surface area contributed by atoms with Crippen molar-refractivity contribution >= 4 is 5.91 Å². The van der Waals surface area contributed by atoms with Gasteiger partial charge in [-0.05, 0) is 24.8 Å². The van der Waals surface area contributed by atoms with Gasteiger partial charge in [0.1, 0.15) is 5.69 Å². The molecular formula is C14H21N3O3. The van der Waals surface area contributed by atoms with E-state index in [0.29, 0.717) is 44.5 Å². The Bertz CT molecular complexity index is 470. The minimum Gasteiger partial charge on any atom is -0.383 e. The van der Waals surface area contributed by atoms with Gasteiger partial charge < -0.3 is 14.4 Å². The van der Waals surface area contributed by atoms with E-state index < -0.39 is 0 Å². The first-order valence-electron chi connectivity index (χ1n) is 7.21. The van der Waals surface area contributed by atoms with E-state index in [2.05, 4.69) is 5.10 Å². The smallest absolute Gasteiger partial charge is 0.274 e. The van der Waals surface area contributed by atoms with Crippen LogP contribution in [-0.4, -0.2) is 60.1 Å². The van der Waals surface area contributed by atoms with Gasteiger partial charge >= 0.3 is 0 Å². The second kappa shape index (κ2) is 5.93. The number of morpholine rings is 1. The molecule has 2 fully saturated rings. The van der Waals surface area contributed by atoms with Gasteiger partial charge in [0.25, 0.3) is 5.91 Å². The van der Waals surface area contributed by atoms with Crippen LogP contribution in [0.15, 0.2) is 12.3 Å². The molecule has 2 aliphatic rings. The average molecular weight is 279 g/mol. The number of ether oxygens (including phenoxy) is 2. The van der Waals surface area contributed by atoms with Crippen molar-refractivity contribution in [3.63, 3.8) is 0 Å². The normalized spacial score (nSPS) is 23.1. The Hall–Kier alpha value is -1.40. The summed E-state index contributed by atoms with van der Waals surface area (Å²) in [6.45, 7) is 3.26. The van der Waals surface area contributed by atoms with Crippen LogP contribution in [0.5, 0.6) is 0 Å². The topological polar surface area (TPSA) is 56.6 Å². The number of methoxy groups -OCH3 is 1. The molecule has 1 atom stereocenters. The molecule has 1 saturated heterocycles. The lowest BCUT2D eigenvalue weighted by atomic mass is 10.2. The fraction of sp³-hybridized carbons (Fsp3) is 0.714. The van der Waals surface area contributed by atoms with E-state index in [0.717, 1.165) is 0 Å².